The fourth-order valence-corrected chi connectivity index (χ4v) is 2.95. The van der Waals surface area contributed by atoms with Gasteiger partial charge in [0.2, 0.25) is 0 Å². The van der Waals surface area contributed by atoms with Gasteiger partial charge in [-0.15, -0.1) is 0 Å². The molecule has 1 amide bonds. The Morgan fingerprint density at radius 3 is 2.52 bits per heavy atom. The number of fused-ring (bicyclic) bond motifs is 2. The number of benzene rings is 2. The first-order valence-corrected chi connectivity index (χ1v) is 7.93. The molecule has 4 rings (SSSR count). The molecular weight excluding hydrogens is 318 g/mol. The number of furan rings is 2. The van der Waals surface area contributed by atoms with Crippen molar-refractivity contribution in [3.8, 4) is 5.75 Å². The SMILES string of the molecule is COc1ccc(NC(=O)c2oc3cc4occ(C)c4cc3c2C)cc1. The molecule has 5 nitrogen and oxygen atoms in total. The second kappa shape index (κ2) is 5.70. The van der Waals surface area contributed by atoms with Crippen molar-refractivity contribution in [3.63, 3.8) is 0 Å². The molecule has 0 unspecified atom stereocenters. The third-order valence-electron chi connectivity index (χ3n) is 4.38. The summed E-state index contributed by atoms with van der Waals surface area (Å²) in [5.41, 5.74) is 3.93. The lowest BCUT2D eigenvalue weighted by atomic mass is 10.1. The molecule has 0 aliphatic carbocycles. The van der Waals surface area contributed by atoms with Crippen LogP contribution in [0.5, 0.6) is 5.75 Å². The average Bonchev–Trinajstić information content (AvgIpc) is 3.14. The quantitative estimate of drug-likeness (QED) is 0.568. The van der Waals surface area contributed by atoms with E-state index in [0.717, 1.165) is 33.2 Å². The highest BCUT2D eigenvalue weighted by atomic mass is 16.5. The predicted octanol–water partition coefficient (Wildman–Crippen LogP) is 5.06. The van der Waals surface area contributed by atoms with Crippen LogP contribution in [-0.4, -0.2) is 13.0 Å². The van der Waals surface area contributed by atoms with Crippen molar-refractivity contribution >= 4 is 33.5 Å². The van der Waals surface area contributed by atoms with Crippen LogP contribution in [0.3, 0.4) is 0 Å². The molecule has 0 spiro atoms. The summed E-state index contributed by atoms with van der Waals surface area (Å²) < 4.78 is 16.4. The smallest absolute Gasteiger partial charge is 0.291 e. The Hall–Kier alpha value is -3.21. The number of ether oxygens (including phenoxy) is 1. The summed E-state index contributed by atoms with van der Waals surface area (Å²) in [5, 5.41) is 4.79. The number of methoxy groups -OCH3 is 1. The van der Waals surface area contributed by atoms with Gasteiger partial charge in [0.25, 0.3) is 5.91 Å². The van der Waals surface area contributed by atoms with Gasteiger partial charge in [0.15, 0.2) is 5.76 Å². The van der Waals surface area contributed by atoms with E-state index in [-0.39, 0.29) is 5.91 Å². The molecule has 0 bridgehead atoms. The molecule has 0 aliphatic rings. The van der Waals surface area contributed by atoms with Crippen LogP contribution in [0.25, 0.3) is 21.9 Å². The Labute approximate surface area is 144 Å². The van der Waals surface area contributed by atoms with Gasteiger partial charge in [0, 0.05) is 28.1 Å². The van der Waals surface area contributed by atoms with E-state index in [9.17, 15) is 4.79 Å². The summed E-state index contributed by atoms with van der Waals surface area (Å²) in [6, 6.07) is 11.0. The number of hydrogen-bond donors (Lipinski definition) is 1. The number of carbonyl (C=O) groups excluding carboxylic acids is 1. The maximum Gasteiger partial charge on any atom is 0.291 e. The number of amides is 1. The van der Waals surface area contributed by atoms with Gasteiger partial charge >= 0.3 is 0 Å². The van der Waals surface area contributed by atoms with Crippen LogP contribution in [0.1, 0.15) is 21.7 Å². The van der Waals surface area contributed by atoms with Gasteiger partial charge in [0.1, 0.15) is 16.9 Å². The van der Waals surface area contributed by atoms with Crippen LogP contribution in [0.4, 0.5) is 5.69 Å². The third-order valence-corrected chi connectivity index (χ3v) is 4.38. The molecule has 4 aromatic rings. The van der Waals surface area contributed by atoms with Crippen LogP contribution in [-0.2, 0) is 0 Å². The van der Waals surface area contributed by atoms with E-state index >= 15 is 0 Å². The van der Waals surface area contributed by atoms with Gasteiger partial charge in [0.05, 0.1) is 13.4 Å². The minimum Gasteiger partial charge on any atom is -0.497 e. The molecule has 0 aliphatic heterocycles. The first-order chi connectivity index (χ1) is 12.1. The molecule has 0 saturated carbocycles. The second-order valence-corrected chi connectivity index (χ2v) is 6.00. The zero-order valence-corrected chi connectivity index (χ0v) is 14.2. The fraction of sp³-hybridized carbons (Fsp3) is 0.150. The molecule has 1 N–H and O–H groups in total. The molecule has 0 radical (unpaired) electrons. The zero-order chi connectivity index (χ0) is 17.6. The van der Waals surface area contributed by atoms with Crippen molar-refractivity contribution in [1.29, 1.82) is 0 Å². The van der Waals surface area contributed by atoms with Crippen LogP contribution in [0.15, 0.2) is 51.5 Å². The lowest BCUT2D eigenvalue weighted by Gasteiger charge is -2.05. The van der Waals surface area contributed by atoms with Crippen molar-refractivity contribution in [1.82, 2.24) is 0 Å². The van der Waals surface area contributed by atoms with Crippen molar-refractivity contribution < 1.29 is 18.4 Å². The summed E-state index contributed by atoms with van der Waals surface area (Å²) >= 11 is 0. The molecule has 2 heterocycles. The third kappa shape index (κ3) is 2.54. The van der Waals surface area contributed by atoms with Gasteiger partial charge in [-0.25, -0.2) is 0 Å². The van der Waals surface area contributed by atoms with Crippen LogP contribution in [0.2, 0.25) is 0 Å². The van der Waals surface area contributed by atoms with E-state index in [2.05, 4.69) is 5.32 Å². The fourth-order valence-electron chi connectivity index (χ4n) is 2.95. The molecule has 0 atom stereocenters. The summed E-state index contributed by atoms with van der Waals surface area (Å²) in [7, 11) is 1.60. The Bertz CT molecular complexity index is 1090. The van der Waals surface area contributed by atoms with Crippen molar-refractivity contribution in [2.24, 2.45) is 0 Å². The lowest BCUT2D eigenvalue weighted by Crippen LogP contribution is -2.11. The summed E-state index contributed by atoms with van der Waals surface area (Å²) in [5.74, 6) is 0.749. The Morgan fingerprint density at radius 1 is 1.04 bits per heavy atom. The Morgan fingerprint density at radius 2 is 1.80 bits per heavy atom. The van der Waals surface area contributed by atoms with Gasteiger partial charge in [-0.3, -0.25) is 4.79 Å². The minimum absolute atomic E-state index is 0.285. The number of rotatable bonds is 3. The van der Waals surface area contributed by atoms with E-state index in [4.69, 9.17) is 13.6 Å². The zero-order valence-electron chi connectivity index (χ0n) is 14.2. The van der Waals surface area contributed by atoms with Crippen LogP contribution < -0.4 is 10.1 Å². The lowest BCUT2D eigenvalue weighted by molar-refractivity contribution is 0.0998. The van der Waals surface area contributed by atoms with Crippen LogP contribution in [0, 0.1) is 13.8 Å². The van der Waals surface area contributed by atoms with Gasteiger partial charge < -0.3 is 18.9 Å². The standard InChI is InChI=1S/C20H17NO4/c1-11-10-24-17-9-18-16(8-15(11)17)12(2)19(25-18)20(22)21-13-4-6-14(23-3)7-5-13/h4-10H,1-3H3,(H,21,22). The Balaban J connectivity index is 1.71. The first kappa shape index (κ1) is 15.3. The highest BCUT2D eigenvalue weighted by Gasteiger charge is 2.19. The number of aryl methyl sites for hydroxylation is 2. The monoisotopic (exact) mass is 335 g/mol. The maximum atomic E-state index is 12.6. The van der Waals surface area contributed by atoms with Crippen molar-refractivity contribution in [2.45, 2.75) is 13.8 Å². The molecule has 2 aromatic carbocycles. The average molecular weight is 335 g/mol. The van der Waals surface area contributed by atoms with Gasteiger partial charge in [-0.2, -0.15) is 0 Å². The molecule has 5 heteroatoms. The highest BCUT2D eigenvalue weighted by molar-refractivity contribution is 6.08. The van der Waals surface area contributed by atoms with E-state index in [0.29, 0.717) is 17.0 Å². The maximum absolute atomic E-state index is 12.6. The normalized spacial score (nSPS) is 11.2. The molecule has 2 aromatic heterocycles. The number of anilines is 1. The Kier molecular flexibility index (Phi) is 3.50. The summed E-state index contributed by atoms with van der Waals surface area (Å²) in [6.07, 6.45) is 1.72. The molecular formula is C20H17NO4. The van der Waals surface area contributed by atoms with E-state index < -0.39 is 0 Å². The van der Waals surface area contributed by atoms with E-state index in [1.54, 1.807) is 37.6 Å². The second-order valence-electron chi connectivity index (χ2n) is 6.00. The summed E-state index contributed by atoms with van der Waals surface area (Å²) in [4.78, 5) is 12.6. The molecule has 0 fully saturated rings. The van der Waals surface area contributed by atoms with Gasteiger partial charge in [-0.05, 0) is 49.7 Å². The first-order valence-electron chi connectivity index (χ1n) is 7.93. The van der Waals surface area contributed by atoms with Crippen LogP contribution >= 0.6 is 0 Å². The topological polar surface area (TPSA) is 64.6 Å². The predicted molar refractivity (Wildman–Crippen MR) is 96.4 cm³/mol. The molecule has 126 valence electrons. The number of nitrogens with one attached hydrogen (secondary N) is 1. The molecule has 0 saturated heterocycles. The number of carbonyl (C=O) groups is 1. The highest BCUT2D eigenvalue weighted by Crippen LogP contribution is 2.32. The van der Waals surface area contributed by atoms with E-state index in [1.165, 1.54) is 0 Å². The molecule has 25 heavy (non-hydrogen) atoms. The largest absolute Gasteiger partial charge is 0.497 e. The number of hydrogen-bond acceptors (Lipinski definition) is 4. The van der Waals surface area contributed by atoms with Gasteiger partial charge in [-0.1, -0.05) is 0 Å². The van der Waals surface area contributed by atoms with Crippen molar-refractivity contribution in [3.05, 3.63) is 59.5 Å². The minimum atomic E-state index is -0.285. The van der Waals surface area contributed by atoms with E-state index in [1.807, 2.05) is 26.0 Å². The van der Waals surface area contributed by atoms with Crippen molar-refractivity contribution in [2.75, 3.05) is 12.4 Å². The summed E-state index contributed by atoms with van der Waals surface area (Å²) in [6.45, 7) is 3.88.